The summed E-state index contributed by atoms with van der Waals surface area (Å²) in [5, 5.41) is 20.2. The van der Waals surface area contributed by atoms with Gasteiger partial charge in [0.2, 0.25) is 5.95 Å². The molecule has 1 aromatic heterocycles. The predicted molar refractivity (Wildman–Crippen MR) is 66.4 cm³/mol. The molecule has 98 valence electrons. The second-order valence-corrected chi connectivity index (χ2v) is 4.60. The zero-order chi connectivity index (χ0) is 13.2. The Hall–Kier alpha value is -1.72. The summed E-state index contributed by atoms with van der Waals surface area (Å²) < 4.78 is 0. The second-order valence-electron chi connectivity index (χ2n) is 4.60. The maximum absolute atomic E-state index is 11.2. The van der Waals surface area contributed by atoms with Gasteiger partial charge in [0.15, 0.2) is 0 Å². The van der Waals surface area contributed by atoms with Crippen molar-refractivity contribution in [1.29, 1.82) is 0 Å². The van der Waals surface area contributed by atoms with Gasteiger partial charge >= 0.3 is 5.97 Å². The summed E-state index contributed by atoms with van der Waals surface area (Å²) in [6, 6.07) is 0. The molecule has 1 aromatic rings. The summed E-state index contributed by atoms with van der Waals surface area (Å²) in [7, 11) is 0. The van der Waals surface area contributed by atoms with Crippen LogP contribution in [0.5, 0.6) is 0 Å². The first-order valence-electron chi connectivity index (χ1n) is 6.35. The van der Waals surface area contributed by atoms with E-state index in [1.807, 2.05) is 13.8 Å². The monoisotopic (exact) mass is 250 g/mol. The highest BCUT2D eigenvalue weighted by molar-refractivity contribution is 5.83. The molecule has 1 aliphatic carbocycles. The van der Waals surface area contributed by atoms with E-state index in [2.05, 4.69) is 20.5 Å². The van der Waals surface area contributed by atoms with E-state index in [1.54, 1.807) is 0 Å². The van der Waals surface area contributed by atoms with Gasteiger partial charge < -0.3 is 10.4 Å². The third kappa shape index (κ3) is 2.14. The van der Waals surface area contributed by atoms with Crippen molar-refractivity contribution in [1.82, 2.24) is 15.2 Å². The van der Waals surface area contributed by atoms with Crippen LogP contribution in [0.4, 0.5) is 5.95 Å². The van der Waals surface area contributed by atoms with Gasteiger partial charge in [-0.3, -0.25) is 0 Å². The van der Waals surface area contributed by atoms with Gasteiger partial charge in [0.05, 0.1) is 11.4 Å². The van der Waals surface area contributed by atoms with Crippen LogP contribution in [0.25, 0.3) is 0 Å². The van der Waals surface area contributed by atoms with Gasteiger partial charge in [0, 0.05) is 0 Å². The standard InChI is InChI=1S/C12H18N4O2/c1-3-8-9(4-2)15-16-11(13-8)14-12(10(17)18)6-5-7-12/h3-7H2,1-2H3,(H,17,18)(H,13,14,16). The van der Waals surface area contributed by atoms with Crippen molar-refractivity contribution in [3.8, 4) is 0 Å². The van der Waals surface area contributed by atoms with Crippen LogP contribution in [0.2, 0.25) is 0 Å². The Kier molecular flexibility index (Phi) is 3.45. The number of aryl methyl sites for hydroxylation is 2. The highest BCUT2D eigenvalue weighted by atomic mass is 16.4. The molecule has 18 heavy (non-hydrogen) atoms. The topological polar surface area (TPSA) is 88.0 Å². The highest BCUT2D eigenvalue weighted by Crippen LogP contribution is 2.34. The molecule has 0 radical (unpaired) electrons. The number of anilines is 1. The van der Waals surface area contributed by atoms with Gasteiger partial charge in [-0.05, 0) is 32.1 Å². The van der Waals surface area contributed by atoms with Crippen LogP contribution in [0.1, 0.15) is 44.5 Å². The molecule has 0 unspecified atom stereocenters. The minimum Gasteiger partial charge on any atom is -0.480 e. The second kappa shape index (κ2) is 4.88. The molecule has 6 nitrogen and oxygen atoms in total. The van der Waals surface area contributed by atoms with E-state index in [4.69, 9.17) is 0 Å². The number of nitrogens with one attached hydrogen (secondary N) is 1. The van der Waals surface area contributed by atoms with E-state index >= 15 is 0 Å². The van der Waals surface area contributed by atoms with Crippen molar-refractivity contribution in [2.24, 2.45) is 0 Å². The molecule has 0 aromatic carbocycles. The maximum Gasteiger partial charge on any atom is 0.329 e. The SMILES string of the molecule is CCc1nnc(NC2(C(=O)O)CCC2)nc1CC. The third-order valence-corrected chi connectivity index (χ3v) is 3.48. The molecule has 1 fully saturated rings. The molecule has 6 heteroatoms. The number of rotatable bonds is 5. The molecule has 0 bridgehead atoms. The van der Waals surface area contributed by atoms with Gasteiger partial charge in [-0.25, -0.2) is 9.78 Å². The average Bonchev–Trinajstić information content (AvgIpc) is 2.33. The van der Waals surface area contributed by atoms with Crippen LogP contribution in [-0.2, 0) is 17.6 Å². The van der Waals surface area contributed by atoms with Crippen LogP contribution >= 0.6 is 0 Å². The van der Waals surface area contributed by atoms with E-state index < -0.39 is 11.5 Å². The minimum atomic E-state index is -0.888. The number of carboxylic acids is 1. The first-order chi connectivity index (χ1) is 8.61. The number of aromatic nitrogens is 3. The Morgan fingerprint density at radius 3 is 2.39 bits per heavy atom. The van der Waals surface area contributed by atoms with E-state index in [9.17, 15) is 9.90 Å². The molecule has 2 rings (SSSR count). The van der Waals surface area contributed by atoms with E-state index in [-0.39, 0.29) is 0 Å². The average molecular weight is 250 g/mol. The fraction of sp³-hybridized carbons (Fsp3) is 0.667. The van der Waals surface area contributed by atoms with Crippen LogP contribution in [0.3, 0.4) is 0 Å². The third-order valence-electron chi connectivity index (χ3n) is 3.48. The lowest BCUT2D eigenvalue weighted by molar-refractivity contribution is -0.145. The first-order valence-corrected chi connectivity index (χ1v) is 6.35. The van der Waals surface area contributed by atoms with Crippen LogP contribution in [0, 0.1) is 0 Å². The number of hydrogen-bond donors (Lipinski definition) is 2. The molecule has 1 aliphatic rings. The lowest BCUT2D eigenvalue weighted by Crippen LogP contribution is -2.52. The number of hydrogen-bond acceptors (Lipinski definition) is 5. The van der Waals surface area contributed by atoms with Crippen molar-refractivity contribution >= 4 is 11.9 Å². The Bertz CT molecular complexity index is 457. The van der Waals surface area contributed by atoms with E-state index in [0.29, 0.717) is 18.8 Å². The fourth-order valence-electron chi connectivity index (χ4n) is 2.13. The number of aliphatic carboxylic acids is 1. The lowest BCUT2D eigenvalue weighted by atomic mass is 9.77. The largest absolute Gasteiger partial charge is 0.480 e. The highest BCUT2D eigenvalue weighted by Gasteiger charge is 2.45. The summed E-state index contributed by atoms with van der Waals surface area (Å²) in [6.45, 7) is 4.01. The Labute approximate surface area is 106 Å². The summed E-state index contributed by atoms with van der Waals surface area (Å²) in [4.78, 5) is 15.6. The Morgan fingerprint density at radius 2 is 1.94 bits per heavy atom. The summed E-state index contributed by atoms with van der Waals surface area (Å²) in [6.07, 6.45) is 3.70. The molecular weight excluding hydrogens is 232 g/mol. The molecule has 0 aliphatic heterocycles. The molecular formula is C12H18N4O2. The molecule has 0 atom stereocenters. The first kappa shape index (κ1) is 12.7. The molecule has 1 heterocycles. The molecule has 0 amide bonds. The number of nitrogens with zero attached hydrogens (tertiary/aromatic N) is 3. The maximum atomic E-state index is 11.2. The van der Waals surface area contributed by atoms with Gasteiger partial charge in [-0.1, -0.05) is 13.8 Å². The summed E-state index contributed by atoms with van der Waals surface area (Å²) in [5.74, 6) is -0.513. The van der Waals surface area contributed by atoms with Gasteiger partial charge in [0.1, 0.15) is 5.54 Å². The van der Waals surface area contributed by atoms with Crippen LogP contribution in [0.15, 0.2) is 0 Å². The summed E-state index contributed by atoms with van der Waals surface area (Å²) >= 11 is 0. The lowest BCUT2D eigenvalue weighted by Gasteiger charge is -2.38. The molecule has 1 saturated carbocycles. The van der Waals surface area contributed by atoms with Crippen molar-refractivity contribution in [3.05, 3.63) is 11.4 Å². The van der Waals surface area contributed by atoms with Gasteiger partial charge in [0.25, 0.3) is 0 Å². The number of carbonyl (C=O) groups is 1. The Morgan fingerprint density at radius 1 is 1.28 bits per heavy atom. The minimum absolute atomic E-state index is 0.325. The van der Waals surface area contributed by atoms with Gasteiger partial charge in [-0.15, -0.1) is 5.10 Å². The number of carboxylic acid groups (broad SMARTS) is 1. The van der Waals surface area contributed by atoms with Crippen LogP contribution < -0.4 is 5.32 Å². The quantitative estimate of drug-likeness (QED) is 0.821. The summed E-state index contributed by atoms with van der Waals surface area (Å²) in [5.41, 5.74) is 0.872. The molecule has 0 spiro atoms. The molecule has 0 saturated heterocycles. The molecule has 2 N–H and O–H groups in total. The zero-order valence-corrected chi connectivity index (χ0v) is 10.7. The smallest absolute Gasteiger partial charge is 0.329 e. The predicted octanol–water partition coefficient (Wildman–Crippen LogP) is 1.42. The fourth-order valence-corrected chi connectivity index (χ4v) is 2.13. The van der Waals surface area contributed by atoms with Crippen molar-refractivity contribution < 1.29 is 9.90 Å². The van der Waals surface area contributed by atoms with E-state index in [0.717, 1.165) is 30.7 Å². The van der Waals surface area contributed by atoms with Gasteiger partial charge in [-0.2, -0.15) is 5.10 Å². The Balaban J connectivity index is 2.21. The van der Waals surface area contributed by atoms with E-state index in [1.165, 1.54) is 0 Å². The van der Waals surface area contributed by atoms with Crippen molar-refractivity contribution in [2.75, 3.05) is 5.32 Å². The van der Waals surface area contributed by atoms with Crippen molar-refractivity contribution in [3.63, 3.8) is 0 Å². The zero-order valence-electron chi connectivity index (χ0n) is 10.7. The van der Waals surface area contributed by atoms with Crippen LogP contribution in [-0.4, -0.2) is 31.8 Å². The normalized spacial score (nSPS) is 17.0. The van der Waals surface area contributed by atoms with Crippen molar-refractivity contribution in [2.45, 2.75) is 51.5 Å².